The monoisotopic (exact) mass is 444 g/mol. The fourth-order valence-electron chi connectivity index (χ4n) is 6.95. The van der Waals surface area contributed by atoms with Crippen LogP contribution in [0.1, 0.15) is 53.9 Å². The van der Waals surface area contributed by atoms with Gasteiger partial charge >= 0.3 is 11.9 Å². The second-order valence-corrected chi connectivity index (χ2v) is 10.8. The summed E-state index contributed by atoms with van der Waals surface area (Å²) in [5.41, 5.74) is -2.31. The smallest absolute Gasteiger partial charge is 0.339 e. The Labute approximate surface area is 188 Å². The number of epoxide rings is 1. The van der Waals surface area contributed by atoms with Crippen LogP contribution < -0.4 is 0 Å². The summed E-state index contributed by atoms with van der Waals surface area (Å²) < 4.78 is 16.5. The van der Waals surface area contributed by atoms with Gasteiger partial charge in [0.25, 0.3) is 0 Å². The van der Waals surface area contributed by atoms with E-state index >= 15 is 0 Å². The molecule has 7 heteroatoms. The Morgan fingerprint density at radius 2 is 1.88 bits per heavy atom. The zero-order chi connectivity index (χ0) is 23.9. The molecule has 4 rings (SSSR count). The largest absolute Gasteiger partial charge is 0.469 e. The van der Waals surface area contributed by atoms with Crippen molar-refractivity contribution in [3.8, 4) is 0 Å². The van der Waals surface area contributed by atoms with E-state index in [2.05, 4.69) is 6.58 Å². The average molecular weight is 445 g/mol. The molecule has 0 N–H and O–H groups in total. The first kappa shape index (κ1) is 22.9. The Hall–Kier alpha value is -2.28. The molecule has 0 radical (unpaired) electrons. The van der Waals surface area contributed by atoms with Gasteiger partial charge in [0.1, 0.15) is 5.60 Å². The summed E-state index contributed by atoms with van der Waals surface area (Å²) in [7, 11) is 1.34. The number of rotatable bonds is 4. The van der Waals surface area contributed by atoms with Gasteiger partial charge < -0.3 is 14.2 Å². The number of methoxy groups -OCH3 is 1. The van der Waals surface area contributed by atoms with E-state index in [1.807, 2.05) is 33.8 Å². The molecule has 2 saturated heterocycles. The highest BCUT2D eigenvalue weighted by Crippen LogP contribution is 2.70. The van der Waals surface area contributed by atoms with Gasteiger partial charge in [-0.25, -0.2) is 4.79 Å². The molecule has 1 saturated carbocycles. The van der Waals surface area contributed by atoms with E-state index in [1.54, 1.807) is 6.08 Å². The van der Waals surface area contributed by atoms with Gasteiger partial charge in [0.05, 0.1) is 13.5 Å². The number of carbonyl (C=O) groups excluding carboxylic acids is 4. The predicted molar refractivity (Wildman–Crippen MR) is 114 cm³/mol. The molecule has 4 aliphatic rings. The predicted octanol–water partition coefficient (Wildman–Crippen LogP) is 2.96. The molecule has 7 nitrogen and oxygen atoms in total. The highest BCUT2D eigenvalue weighted by atomic mass is 16.7. The van der Waals surface area contributed by atoms with Gasteiger partial charge in [0.2, 0.25) is 0 Å². The zero-order valence-electron chi connectivity index (χ0n) is 19.7. The second kappa shape index (κ2) is 6.86. The second-order valence-electron chi connectivity index (χ2n) is 10.8. The lowest BCUT2D eigenvalue weighted by Gasteiger charge is -2.56. The molecule has 2 aliphatic carbocycles. The summed E-state index contributed by atoms with van der Waals surface area (Å²) in [5.74, 6) is -1.64. The molecule has 0 aromatic carbocycles. The van der Waals surface area contributed by atoms with Gasteiger partial charge in [-0.3, -0.25) is 14.4 Å². The summed E-state index contributed by atoms with van der Waals surface area (Å²) in [5, 5.41) is 0. The zero-order valence-corrected chi connectivity index (χ0v) is 19.7. The third-order valence-corrected chi connectivity index (χ3v) is 8.91. The van der Waals surface area contributed by atoms with E-state index in [9.17, 15) is 19.2 Å². The molecule has 7 atom stereocenters. The number of allylic oxidation sites excluding steroid dienone is 2. The molecular formula is C25H32O7. The molecule has 0 aromatic rings. The van der Waals surface area contributed by atoms with E-state index in [0.29, 0.717) is 12.8 Å². The van der Waals surface area contributed by atoms with Gasteiger partial charge in [-0.05, 0) is 48.7 Å². The van der Waals surface area contributed by atoms with Crippen molar-refractivity contribution in [2.24, 2.45) is 28.1 Å². The lowest BCUT2D eigenvalue weighted by Crippen LogP contribution is -2.62. The summed E-state index contributed by atoms with van der Waals surface area (Å²) in [6.07, 6.45) is 3.18. The van der Waals surface area contributed by atoms with Crippen molar-refractivity contribution >= 4 is 23.5 Å². The number of ketones is 2. The summed E-state index contributed by atoms with van der Waals surface area (Å²) in [6.45, 7) is 13.5. The number of cyclic esters (lactones) is 1. The van der Waals surface area contributed by atoms with Crippen molar-refractivity contribution in [1.29, 1.82) is 0 Å². The first-order valence-electron chi connectivity index (χ1n) is 11.2. The number of ether oxygens (including phenoxy) is 3. The minimum Gasteiger partial charge on any atom is -0.469 e. The van der Waals surface area contributed by atoms with Gasteiger partial charge in [-0.2, -0.15) is 0 Å². The van der Waals surface area contributed by atoms with Crippen molar-refractivity contribution < 1.29 is 33.4 Å². The summed E-state index contributed by atoms with van der Waals surface area (Å²) in [6, 6.07) is 0. The first-order valence-corrected chi connectivity index (χ1v) is 11.2. The average Bonchev–Trinajstić information content (AvgIpc) is 3.48. The Kier molecular flexibility index (Phi) is 4.91. The standard InChI is InChI=1S/C25H32O7/c1-13-15(23(5)10-9-17(27)22(3,4)16(23)12-18(28)30-7)8-11-24(6)19(14(2)26)31-21(29)20-25(13,24)32-20/h9-10,15-16,19-20H,1,8,11-12H2,2-7H3. The third-order valence-electron chi connectivity index (χ3n) is 8.91. The van der Waals surface area contributed by atoms with Crippen LogP contribution in [0.2, 0.25) is 0 Å². The third kappa shape index (κ3) is 2.69. The SMILES string of the molecule is C=C1C(C2(C)C=CC(=O)C(C)(C)C2CC(=O)OC)CCC2(C)C(C(C)=O)OC(=O)C3OC132. The molecule has 2 aliphatic heterocycles. The molecule has 2 heterocycles. The van der Waals surface area contributed by atoms with Gasteiger partial charge in [-0.15, -0.1) is 0 Å². The normalized spacial score (nSPS) is 44.2. The number of hydrogen-bond donors (Lipinski definition) is 0. The van der Waals surface area contributed by atoms with Crippen LogP contribution in [-0.2, 0) is 33.4 Å². The first-order chi connectivity index (χ1) is 14.8. The van der Waals surface area contributed by atoms with Crippen molar-refractivity contribution in [3.05, 3.63) is 24.3 Å². The molecule has 0 amide bonds. The highest BCUT2D eigenvalue weighted by Gasteiger charge is 2.80. The molecule has 32 heavy (non-hydrogen) atoms. The van der Waals surface area contributed by atoms with E-state index in [0.717, 1.165) is 5.57 Å². The maximum Gasteiger partial charge on any atom is 0.339 e. The fourth-order valence-corrected chi connectivity index (χ4v) is 6.95. The summed E-state index contributed by atoms with van der Waals surface area (Å²) >= 11 is 0. The van der Waals surface area contributed by atoms with Crippen LogP contribution in [0.4, 0.5) is 0 Å². The lowest BCUT2D eigenvalue weighted by molar-refractivity contribution is -0.173. The maximum absolute atomic E-state index is 12.8. The van der Waals surface area contributed by atoms with Crippen LogP contribution in [0.5, 0.6) is 0 Å². The van der Waals surface area contributed by atoms with Crippen LogP contribution in [-0.4, -0.2) is 48.4 Å². The maximum atomic E-state index is 12.8. The minimum absolute atomic E-state index is 0.0354. The van der Waals surface area contributed by atoms with Gasteiger partial charge in [0.15, 0.2) is 23.8 Å². The molecule has 1 spiro atoms. The van der Waals surface area contributed by atoms with E-state index < -0.39 is 40.0 Å². The Morgan fingerprint density at radius 3 is 2.47 bits per heavy atom. The number of esters is 2. The lowest BCUT2D eigenvalue weighted by atomic mass is 9.47. The number of carbonyl (C=O) groups is 4. The number of Topliss-reactive ketones (excluding diaryl/α,β-unsaturated/α-hetero) is 1. The molecule has 0 bridgehead atoms. The van der Waals surface area contributed by atoms with Crippen molar-refractivity contribution in [2.75, 3.05) is 7.11 Å². The quantitative estimate of drug-likeness (QED) is 0.373. The highest BCUT2D eigenvalue weighted by molar-refractivity contribution is 5.96. The van der Waals surface area contributed by atoms with Crippen LogP contribution >= 0.6 is 0 Å². The van der Waals surface area contributed by atoms with E-state index in [1.165, 1.54) is 14.0 Å². The Morgan fingerprint density at radius 1 is 1.22 bits per heavy atom. The molecule has 0 aromatic heterocycles. The van der Waals surface area contributed by atoms with Crippen molar-refractivity contribution in [1.82, 2.24) is 0 Å². The van der Waals surface area contributed by atoms with E-state index in [-0.39, 0.29) is 35.8 Å². The van der Waals surface area contributed by atoms with Crippen molar-refractivity contribution in [2.45, 2.75) is 71.7 Å². The topological polar surface area (TPSA) is 99.3 Å². The molecular weight excluding hydrogens is 412 g/mol. The number of hydrogen-bond acceptors (Lipinski definition) is 7. The Bertz CT molecular complexity index is 961. The van der Waals surface area contributed by atoms with Crippen LogP contribution in [0.25, 0.3) is 0 Å². The minimum atomic E-state index is -0.972. The molecule has 7 unspecified atom stereocenters. The molecule has 3 fully saturated rings. The van der Waals surface area contributed by atoms with Crippen LogP contribution in [0.15, 0.2) is 24.3 Å². The van der Waals surface area contributed by atoms with Crippen LogP contribution in [0, 0.1) is 28.1 Å². The molecule has 174 valence electrons. The van der Waals surface area contributed by atoms with Gasteiger partial charge in [-0.1, -0.05) is 40.3 Å². The summed E-state index contributed by atoms with van der Waals surface area (Å²) in [4.78, 5) is 50.1. The van der Waals surface area contributed by atoms with E-state index in [4.69, 9.17) is 14.2 Å². The van der Waals surface area contributed by atoms with Crippen molar-refractivity contribution in [3.63, 3.8) is 0 Å². The van der Waals surface area contributed by atoms with Gasteiger partial charge in [0, 0.05) is 10.8 Å². The van der Waals surface area contributed by atoms with Crippen LogP contribution in [0.3, 0.4) is 0 Å². The fraction of sp³-hybridized carbons (Fsp3) is 0.680. The Balaban J connectivity index is 1.78.